The summed E-state index contributed by atoms with van der Waals surface area (Å²) < 4.78 is 123. The van der Waals surface area contributed by atoms with Crippen LogP contribution in [0.25, 0.3) is 0 Å². The molecule has 0 radical (unpaired) electrons. The molecule has 124 valence electrons. The second-order valence-corrected chi connectivity index (χ2v) is 3.85. The first-order valence-corrected chi connectivity index (χ1v) is 4.79. The van der Waals surface area contributed by atoms with Crippen molar-refractivity contribution in [2.24, 2.45) is 0 Å². The topological polar surface area (TPSA) is 44.8 Å². The predicted octanol–water partition coefficient (Wildman–Crippen LogP) is 2.68. The summed E-state index contributed by atoms with van der Waals surface area (Å²) in [4.78, 5) is 11.0. The second kappa shape index (κ2) is 4.63. The number of ether oxygens (including phenoxy) is 3. The van der Waals surface area contributed by atoms with E-state index in [4.69, 9.17) is 0 Å². The van der Waals surface area contributed by atoms with Gasteiger partial charge in [0.1, 0.15) is 6.42 Å². The average molecular weight is 336 g/mol. The van der Waals surface area contributed by atoms with E-state index in [0.29, 0.717) is 0 Å². The van der Waals surface area contributed by atoms with Gasteiger partial charge in [-0.1, -0.05) is 0 Å². The molecule has 0 bridgehead atoms. The van der Waals surface area contributed by atoms with Gasteiger partial charge in [0.15, 0.2) is 0 Å². The first-order valence-electron chi connectivity index (χ1n) is 4.79. The highest BCUT2D eigenvalue weighted by Crippen LogP contribution is 2.56. The summed E-state index contributed by atoms with van der Waals surface area (Å²) in [6.45, 7) is 0. The molecule has 1 rings (SSSR count). The Morgan fingerprint density at radius 1 is 1.05 bits per heavy atom. The summed E-state index contributed by atoms with van der Waals surface area (Å²) in [6, 6.07) is 0. The summed E-state index contributed by atoms with van der Waals surface area (Å²) in [7, 11) is 0.280. The van der Waals surface area contributed by atoms with Crippen molar-refractivity contribution < 1.29 is 58.5 Å². The number of hydrogen-bond donors (Lipinski definition) is 0. The molecule has 0 spiro atoms. The van der Waals surface area contributed by atoms with Gasteiger partial charge in [-0.3, -0.25) is 9.47 Å². The van der Waals surface area contributed by atoms with Gasteiger partial charge >= 0.3 is 36.1 Å². The maximum atomic E-state index is 13.6. The van der Waals surface area contributed by atoms with E-state index in [0.717, 1.165) is 0 Å². The molecule has 0 N–H and O–H groups in total. The molecule has 0 amide bonds. The van der Waals surface area contributed by atoms with Crippen molar-refractivity contribution in [3.8, 4) is 0 Å². The van der Waals surface area contributed by atoms with Gasteiger partial charge in [-0.25, -0.2) is 9.18 Å². The Morgan fingerprint density at radius 3 is 1.86 bits per heavy atom. The fourth-order valence-corrected chi connectivity index (χ4v) is 1.41. The van der Waals surface area contributed by atoms with Crippen molar-refractivity contribution in [2.75, 3.05) is 7.11 Å². The standard InChI is InChI=1S/C8H5F9O4/c1-19-3(18)6(7(13,14)15)20-4(9,2-5(10,11)12)8(16,17)21-6/h2H2,1H3. The number of carbonyl (C=O) groups excluding carboxylic acids is 1. The molecule has 2 unspecified atom stereocenters. The number of alkyl halides is 9. The van der Waals surface area contributed by atoms with Gasteiger partial charge in [0, 0.05) is 0 Å². The van der Waals surface area contributed by atoms with E-state index < -0.39 is 42.5 Å². The molecule has 0 saturated carbocycles. The largest absolute Gasteiger partial charge is 0.465 e. The number of esters is 1. The molecule has 4 nitrogen and oxygen atoms in total. The number of hydrogen-bond acceptors (Lipinski definition) is 4. The van der Waals surface area contributed by atoms with Crippen LogP contribution >= 0.6 is 0 Å². The first-order chi connectivity index (χ1) is 9.10. The Balaban J connectivity index is 3.34. The molecular weight excluding hydrogens is 331 g/mol. The lowest BCUT2D eigenvalue weighted by atomic mass is 10.2. The number of rotatable bonds is 2. The predicted molar refractivity (Wildman–Crippen MR) is 42.4 cm³/mol. The quantitative estimate of drug-likeness (QED) is 0.575. The van der Waals surface area contributed by atoms with Gasteiger partial charge in [0.05, 0.1) is 7.11 Å². The molecule has 1 aliphatic heterocycles. The molecule has 21 heavy (non-hydrogen) atoms. The molecule has 1 aliphatic rings. The van der Waals surface area contributed by atoms with Gasteiger partial charge in [0.25, 0.3) is 0 Å². The molecule has 1 heterocycles. The van der Waals surface area contributed by atoms with Crippen LogP contribution in [0.2, 0.25) is 0 Å². The lowest BCUT2D eigenvalue weighted by molar-refractivity contribution is -0.365. The van der Waals surface area contributed by atoms with E-state index in [1.807, 2.05) is 0 Å². The van der Waals surface area contributed by atoms with Crippen LogP contribution in [-0.4, -0.2) is 43.2 Å². The highest BCUT2D eigenvalue weighted by atomic mass is 19.4. The molecule has 1 saturated heterocycles. The van der Waals surface area contributed by atoms with Crippen LogP contribution in [-0.2, 0) is 19.0 Å². The molecule has 0 aromatic rings. The minimum atomic E-state index is -6.12. The van der Waals surface area contributed by atoms with E-state index in [1.165, 1.54) is 0 Å². The fourth-order valence-electron chi connectivity index (χ4n) is 1.41. The second-order valence-electron chi connectivity index (χ2n) is 3.85. The van der Waals surface area contributed by atoms with Gasteiger partial charge < -0.3 is 4.74 Å². The van der Waals surface area contributed by atoms with Crippen LogP contribution in [0.3, 0.4) is 0 Å². The summed E-state index contributed by atoms with van der Waals surface area (Å²) in [6.07, 6.45) is -20.6. The van der Waals surface area contributed by atoms with Gasteiger partial charge in [0.2, 0.25) is 0 Å². The SMILES string of the molecule is COC(=O)C1(C(F)(F)F)OC(F)(F)C(F)(CC(F)(F)F)O1. The number of methoxy groups -OCH3 is 1. The average Bonchev–Trinajstić information content (AvgIpc) is 2.42. The van der Waals surface area contributed by atoms with Crippen LogP contribution in [0, 0.1) is 0 Å². The first kappa shape index (κ1) is 17.8. The summed E-state index contributed by atoms with van der Waals surface area (Å²) in [5.74, 6) is -12.9. The number of halogens is 9. The van der Waals surface area contributed by atoms with Crippen molar-refractivity contribution in [3.63, 3.8) is 0 Å². The third-order valence-electron chi connectivity index (χ3n) is 2.27. The van der Waals surface area contributed by atoms with E-state index in [9.17, 15) is 44.3 Å². The van der Waals surface area contributed by atoms with Crippen molar-refractivity contribution in [3.05, 3.63) is 0 Å². The molecule has 1 fully saturated rings. The zero-order chi connectivity index (χ0) is 16.9. The van der Waals surface area contributed by atoms with E-state index in [1.54, 1.807) is 0 Å². The Kier molecular flexibility index (Phi) is 3.92. The van der Waals surface area contributed by atoms with Crippen molar-refractivity contribution in [2.45, 2.75) is 36.5 Å². The monoisotopic (exact) mass is 336 g/mol. The zero-order valence-corrected chi connectivity index (χ0v) is 9.74. The lowest BCUT2D eigenvalue weighted by Crippen LogP contribution is -2.55. The lowest BCUT2D eigenvalue weighted by Gasteiger charge is -2.27. The van der Waals surface area contributed by atoms with Gasteiger partial charge in [-0.05, 0) is 0 Å². The van der Waals surface area contributed by atoms with E-state index in [-0.39, 0.29) is 7.11 Å². The maximum absolute atomic E-state index is 13.6. The van der Waals surface area contributed by atoms with Gasteiger partial charge in [-0.2, -0.15) is 35.1 Å². The van der Waals surface area contributed by atoms with E-state index in [2.05, 4.69) is 14.2 Å². The third-order valence-corrected chi connectivity index (χ3v) is 2.27. The highest BCUT2D eigenvalue weighted by molar-refractivity contribution is 5.79. The normalized spacial score (nSPS) is 33.0. The maximum Gasteiger partial charge on any atom is 0.455 e. The Bertz CT molecular complexity index is 430. The Hall–Kier alpha value is -1.24. The van der Waals surface area contributed by atoms with Crippen LogP contribution in [0.1, 0.15) is 6.42 Å². The Morgan fingerprint density at radius 2 is 1.52 bits per heavy atom. The van der Waals surface area contributed by atoms with E-state index >= 15 is 0 Å². The highest BCUT2D eigenvalue weighted by Gasteiger charge is 2.83. The molecule has 0 aliphatic carbocycles. The molecular formula is C8H5F9O4. The smallest absolute Gasteiger partial charge is 0.455 e. The summed E-state index contributed by atoms with van der Waals surface area (Å²) in [5, 5.41) is 0. The van der Waals surface area contributed by atoms with Crippen LogP contribution < -0.4 is 0 Å². The molecule has 13 heteroatoms. The van der Waals surface area contributed by atoms with Crippen LogP contribution in [0.15, 0.2) is 0 Å². The molecule has 2 atom stereocenters. The fraction of sp³-hybridized carbons (Fsp3) is 0.875. The summed E-state index contributed by atoms with van der Waals surface area (Å²) in [5.41, 5.74) is 0. The molecule has 0 aromatic heterocycles. The van der Waals surface area contributed by atoms with Crippen molar-refractivity contribution >= 4 is 5.97 Å². The minimum Gasteiger partial charge on any atom is -0.465 e. The number of carbonyl (C=O) groups is 1. The minimum absolute atomic E-state index is 0.280. The molecule has 0 aromatic carbocycles. The van der Waals surface area contributed by atoms with Crippen molar-refractivity contribution in [1.29, 1.82) is 0 Å². The van der Waals surface area contributed by atoms with Crippen LogP contribution in [0.5, 0.6) is 0 Å². The van der Waals surface area contributed by atoms with Crippen molar-refractivity contribution in [1.82, 2.24) is 0 Å². The Labute approximate surface area is 109 Å². The summed E-state index contributed by atoms with van der Waals surface area (Å²) >= 11 is 0. The third kappa shape index (κ3) is 2.88. The zero-order valence-electron chi connectivity index (χ0n) is 9.74. The van der Waals surface area contributed by atoms with Gasteiger partial charge in [-0.15, -0.1) is 0 Å². The van der Waals surface area contributed by atoms with Crippen LogP contribution in [0.4, 0.5) is 39.5 Å².